The fourth-order valence-corrected chi connectivity index (χ4v) is 1.76. The van der Waals surface area contributed by atoms with Crippen LogP contribution in [0.4, 0.5) is 21.8 Å². The summed E-state index contributed by atoms with van der Waals surface area (Å²) in [5.74, 6) is -0.180. The van der Waals surface area contributed by atoms with Gasteiger partial charge >= 0.3 is 0 Å². The van der Waals surface area contributed by atoms with Crippen LogP contribution in [0.3, 0.4) is 0 Å². The molecule has 0 unspecified atom stereocenters. The Kier molecular flexibility index (Phi) is 2.65. The molecular formula is C12H8FN7. The number of nitrogen functional groups attached to an aromatic ring is 1. The quantitative estimate of drug-likeness (QED) is 0.651. The zero-order valence-corrected chi connectivity index (χ0v) is 10.1. The van der Waals surface area contributed by atoms with Crippen molar-refractivity contribution in [2.45, 2.75) is 0 Å². The van der Waals surface area contributed by atoms with Crippen LogP contribution in [-0.2, 0) is 0 Å². The van der Waals surface area contributed by atoms with Gasteiger partial charge in [0.1, 0.15) is 11.6 Å². The number of aromatic nitrogens is 4. The number of nitriles is 1. The van der Waals surface area contributed by atoms with Gasteiger partial charge < -0.3 is 11.1 Å². The number of hydrogen-bond donors (Lipinski definition) is 3. The monoisotopic (exact) mass is 269 g/mol. The Balaban J connectivity index is 2.05. The Hall–Kier alpha value is -3.21. The molecule has 0 spiro atoms. The number of anilines is 3. The molecule has 2 heterocycles. The van der Waals surface area contributed by atoms with E-state index in [2.05, 4.69) is 25.5 Å². The highest BCUT2D eigenvalue weighted by molar-refractivity contribution is 5.88. The summed E-state index contributed by atoms with van der Waals surface area (Å²) >= 11 is 0. The second-order valence-electron chi connectivity index (χ2n) is 3.99. The summed E-state index contributed by atoms with van der Waals surface area (Å²) in [5, 5.41) is 18.6. The van der Waals surface area contributed by atoms with Crippen molar-refractivity contribution in [2.24, 2.45) is 0 Å². The molecule has 7 nitrogen and oxygen atoms in total. The smallest absolute Gasteiger partial charge is 0.224 e. The molecule has 1 aromatic carbocycles. The van der Waals surface area contributed by atoms with E-state index in [1.54, 1.807) is 0 Å². The molecule has 98 valence electrons. The van der Waals surface area contributed by atoms with Gasteiger partial charge in [-0.2, -0.15) is 20.3 Å². The van der Waals surface area contributed by atoms with E-state index in [1.807, 2.05) is 6.07 Å². The maximum absolute atomic E-state index is 13.8. The van der Waals surface area contributed by atoms with E-state index in [0.29, 0.717) is 16.9 Å². The minimum atomic E-state index is -0.558. The number of fused-ring (bicyclic) bond motifs is 1. The van der Waals surface area contributed by atoms with Crippen LogP contribution in [0.2, 0.25) is 0 Å². The van der Waals surface area contributed by atoms with E-state index in [0.717, 1.165) is 6.07 Å². The van der Waals surface area contributed by atoms with Crippen LogP contribution in [-0.4, -0.2) is 20.2 Å². The number of H-pyrrole nitrogens is 1. The minimum absolute atomic E-state index is 0.0401. The van der Waals surface area contributed by atoms with Gasteiger partial charge in [0.25, 0.3) is 0 Å². The van der Waals surface area contributed by atoms with Crippen molar-refractivity contribution < 1.29 is 4.39 Å². The molecular weight excluding hydrogens is 261 g/mol. The standard InChI is InChI=1S/C12H8FN7/c13-8-3-6(4-14)1-2-9(8)17-10-7-5-16-20-11(7)19-12(15)18-10/h1-3,5H,(H4,15,16,17,18,19,20). The SMILES string of the molecule is N#Cc1ccc(Nc2nc(N)nc3[nH]ncc23)c(F)c1. The number of rotatable bonds is 2. The zero-order valence-electron chi connectivity index (χ0n) is 10.1. The number of hydrogen-bond acceptors (Lipinski definition) is 6. The first-order valence-electron chi connectivity index (χ1n) is 5.60. The summed E-state index contributed by atoms with van der Waals surface area (Å²) in [6, 6.07) is 5.96. The van der Waals surface area contributed by atoms with Crippen molar-refractivity contribution >= 4 is 28.5 Å². The van der Waals surface area contributed by atoms with Gasteiger partial charge in [0.05, 0.1) is 28.9 Å². The summed E-state index contributed by atoms with van der Waals surface area (Å²) in [7, 11) is 0. The first kappa shape index (κ1) is 11.9. The minimum Gasteiger partial charge on any atom is -0.368 e. The lowest BCUT2D eigenvalue weighted by Crippen LogP contribution is -2.02. The number of halogens is 1. The van der Waals surface area contributed by atoms with Gasteiger partial charge in [0.15, 0.2) is 5.65 Å². The molecule has 8 heteroatoms. The fraction of sp³-hybridized carbons (Fsp3) is 0. The van der Waals surface area contributed by atoms with E-state index in [1.165, 1.54) is 18.3 Å². The van der Waals surface area contributed by atoms with E-state index >= 15 is 0 Å². The molecule has 0 atom stereocenters. The van der Waals surface area contributed by atoms with Gasteiger partial charge in [-0.15, -0.1) is 0 Å². The van der Waals surface area contributed by atoms with E-state index < -0.39 is 5.82 Å². The highest BCUT2D eigenvalue weighted by atomic mass is 19.1. The molecule has 0 bridgehead atoms. The highest BCUT2D eigenvalue weighted by Crippen LogP contribution is 2.25. The predicted molar refractivity (Wildman–Crippen MR) is 70.5 cm³/mol. The molecule has 0 aliphatic heterocycles. The van der Waals surface area contributed by atoms with Crippen molar-refractivity contribution in [1.82, 2.24) is 20.2 Å². The topological polar surface area (TPSA) is 116 Å². The molecule has 0 saturated heterocycles. The largest absolute Gasteiger partial charge is 0.368 e. The van der Waals surface area contributed by atoms with Gasteiger partial charge in [0.2, 0.25) is 5.95 Å². The first-order valence-corrected chi connectivity index (χ1v) is 5.60. The average Bonchev–Trinajstić information content (AvgIpc) is 2.89. The molecule has 4 N–H and O–H groups in total. The number of aromatic amines is 1. The van der Waals surface area contributed by atoms with E-state index in [-0.39, 0.29) is 17.2 Å². The van der Waals surface area contributed by atoms with E-state index in [4.69, 9.17) is 11.0 Å². The normalized spacial score (nSPS) is 10.4. The number of nitrogens with two attached hydrogens (primary N) is 1. The lowest BCUT2D eigenvalue weighted by Gasteiger charge is -2.08. The third kappa shape index (κ3) is 1.97. The van der Waals surface area contributed by atoms with Gasteiger partial charge in [-0.1, -0.05) is 0 Å². The zero-order chi connectivity index (χ0) is 14.1. The number of nitrogens with zero attached hydrogens (tertiary/aromatic N) is 4. The summed E-state index contributed by atoms with van der Waals surface area (Å²) in [6.07, 6.45) is 1.51. The number of benzene rings is 1. The molecule has 3 aromatic rings. The molecule has 0 aliphatic rings. The van der Waals surface area contributed by atoms with Crippen LogP contribution >= 0.6 is 0 Å². The summed E-state index contributed by atoms with van der Waals surface area (Å²) in [5.41, 5.74) is 6.45. The Morgan fingerprint density at radius 3 is 2.95 bits per heavy atom. The first-order chi connectivity index (χ1) is 9.67. The average molecular weight is 269 g/mol. The molecule has 0 fully saturated rings. The van der Waals surface area contributed by atoms with Crippen LogP contribution in [0.25, 0.3) is 11.0 Å². The highest BCUT2D eigenvalue weighted by Gasteiger charge is 2.10. The van der Waals surface area contributed by atoms with Crippen molar-refractivity contribution in [3.8, 4) is 6.07 Å². The second kappa shape index (κ2) is 4.47. The predicted octanol–water partition coefficient (Wildman–Crippen LogP) is 1.69. The maximum Gasteiger partial charge on any atom is 0.224 e. The molecule has 2 aromatic heterocycles. The maximum atomic E-state index is 13.8. The lowest BCUT2D eigenvalue weighted by molar-refractivity contribution is 0.631. The molecule has 20 heavy (non-hydrogen) atoms. The molecule has 0 amide bonds. The Morgan fingerprint density at radius 1 is 1.35 bits per heavy atom. The van der Waals surface area contributed by atoms with Crippen LogP contribution in [0.5, 0.6) is 0 Å². The van der Waals surface area contributed by atoms with Crippen molar-refractivity contribution in [3.63, 3.8) is 0 Å². The van der Waals surface area contributed by atoms with Crippen molar-refractivity contribution in [1.29, 1.82) is 5.26 Å². The Morgan fingerprint density at radius 2 is 2.20 bits per heavy atom. The van der Waals surface area contributed by atoms with Crippen molar-refractivity contribution in [3.05, 3.63) is 35.8 Å². The molecule has 0 saturated carbocycles. The van der Waals surface area contributed by atoms with Crippen LogP contribution < -0.4 is 11.1 Å². The van der Waals surface area contributed by atoms with Gasteiger partial charge in [-0.25, -0.2) is 4.39 Å². The fourth-order valence-electron chi connectivity index (χ4n) is 1.76. The number of nitrogens with one attached hydrogen (secondary N) is 2. The second-order valence-corrected chi connectivity index (χ2v) is 3.99. The molecule has 0 radical (unpaired) electrons. The summed E-state index contributed by atoms with van der Waals surface area (Å²) in [6.45, 7) is 0. The molecule has 3 rings (SSSR count). The lowest BCUT2D eigenvalue weighted by atomic mass is 10.2. The third-order valence-electron chi connectivity index (χ3n) is 2.68. The molecule has 0 aliphatic carbocycles. The Bertz CT molecular complexity index is 833. The Labute approximate surface area is 112 Å². The van der Waals surface area contributed by atoms with Crippen LogP contribution in [0.1, 0.15) is 5.56 Å². The van der Waals surface area contributed by atoms with Gasteiger partial charge in [-0.05, 0) is 18.2 Å². The van der Waals surface area contributed by atoms with Gasteiger partial charge in [0, 0.05) is 0 Å². The van der Waals surface area contributed by atoms with Crippen LogP contribution in [0, 0.1) is 17.1 Å². The third-order valence-corrected chi connectivity index (χ3v) is 2.68. The van der Waals surface area contributed by atoms with Gasteiger partial charge in [-0.3, -0.25) is 5.10 Å². The van der Waals surface area contributed by atoms with Crippen molar-refractivity contribution in [2.75, 3.05) is 11.1 Å². The van der Waals surface area contributed by atoms with Crippen LogP contribution in [0.15, 0.2) is 24.4 Å². The summed E-state index contributed by atoms with van der Waals surface area (Å²) < 4.78 is 13.8. The summed E-state index contributed by atoms with van der Waals surface area (Å²) in [4.78, 5) is 7.98. The van der Waals surface area contributed by atoms with E-state index in [9.17, 15) is 4.39 Å².